The van der Waals surface area contributed by atoms with Crippen LogP contribution in [0.15, 0.2) is 10.9 Å². The summed E-state index contributed by atoms with van der Waals surface area (Å²) < 4.78 is 0. The van der Waals surface area contributed by atoms with E-state index in [0.717, 1.165) is 5.20 Å². The van der Waals surface area contributed by atoms with Crippen molar-refractivity contribution >= 4 is 57.7 Å². The molecule has 0 rings (SSSR count). The minimum Gasteiger partial charge on any atom is -0.141 e. The van der Waals surface area contributed by atoms with Crippen LogP contribution in [0.25, 0.3) is 0 Å². The van der Waals surface area contributed by atoms with E-state index in [9.17, 15) is 0 Å². The third-order valence-electron chi connectivity index (χ3n) is 1.16. The standard InChI is InChI=1S/C5H10Cl4Si2/c1-5(11(3,8)9)4-10(2,6)7/h4H,1-3H3. The third-order valence-corrected chi connectivity index (χ3v) is 6.36. The van der Waals surface area contributed by atoms with Crippen molar-refractivity contribution in [3.8, 4) is 0 Å². The molecule has 11 heavy (non-hydrogen) atoms. The van der Waals surface area contributed by atoms with Gasteiger partial charge in [-0.1, -0.05) is 10.9 Å². The Morgan fingerprint density at radius 3 is 1.55 bits per heavy atom. The van der Waals surface area contributed by atoms with Gasteiger partial charge in [0.05, 0.1) is 0 Å². The van der Waals surface area contributed by atoms with Gasteiger partial charge in [0.25, 0.3) is 13.4 Å². The maximum absolute atomic E-state index is 5.93. The van der Waals surface area contributed by atoms with Gasteiger partial charge in [-0.25, -0.2) is 0 Å². The lowest BCUT2D eigenvalue weighted by Gasteiger charge is -2.13. The maximum atomic E-state index is 5.93. The summed E-state index contributed by atoms with van der Waals surface area (Å²) in [6.07, 6.45) is 0. The highest BCUT2D eigenvalue weighted by atomic mass is 35.7. The fraction of sp³-hybridized carbons (Fsp3) is 0.600. The molecule has 0 aromatic carbocycles. The predicted octanol–water partition coefficient (Wildman–Crippen LogP) is 4.11. The van der Waals surface area contributed by atoms with Gasteiger partial charge in [-0.2, -0.15) is 0 Å². The number of hydrogen-bond donors (Lipinski definition) is 0. The first-order valence-electron chi connectivity index (χ1n) is 3.08. The molecule has 0 aliphatic rings. The van der Waals surface area contributed by atoms with Gasteiger partial charge >= 0.3 is 0 Å². The molecule has 6 heteroatoms. The summed E-state index contributed by atoms with van der Waals surface area (Å²) in [6.45, 7) is 1.14. The summed E-state index contributed by atoms with van der Waals surface area (Å²) in [4.78, 5) is 0. The Morgan fingerprint density at radius 2 is 1.45 bits per heavy atom. The van der Waals surface area contributed by atoms with E-state index in [1.54, 1.807) is 0 Å². The van der Waals surface area contributed by atoms with Crippen LogP contribution in [-0.2, 0) is 0 Å². The van der Waals surface area contributed by atoms with Gasteiger partial charge in [-0.05, 0) is 20.0 Å². The van der Waals surface area contributed by atoms with Crippen molar-refractivity contribution in [2.45, 2.75) is 20.0 Å². The predicted molar refractivity (Wildman–Crippen MR) is 60.4 cm³/mol. The van der Waals surface area contributed by atoms with Crippen molar-refractivity contribution in [1.29, 1.82) is 0 Å². The Morgan fingerprint density at radius 1 is 1.09 bits per heavy atom. The zero-order valence-electron chi connectivity index (χ0n) is 6.59. The van der Waals surface area contributed by atoms with Crippen LogP contribution in [0.1, 0.15) is 6.92 Å². The number of allylic oxidation sites excluding steroid dienone is 1. The second-order valence-corrected chi connectivity index (χ2v) is 17.8. The average molecular weight is 268 g/mol. The largest absolute Gasteiger partial charge is 0.273 e. The first-order valence-corrected chi connectivity index (χ1v) is 12.2. The molecular weight excluding hydrogens is 258 g/mol. The lowest BCUT2D eigenvalue weighted by molar-refractivity contribution is 1.64. The molecule has 0 aliphatic heterocycles. The molecular formula is C5H10Cl4Si2. The van der Waals surface area contributed by atoms with Crippen LogP contribution in [0.3, 0.4) is 0 Å². The fourth-order valence-corrected chi connectivity index (χ4v) is 5.66. The molecule has 0 atom stereocenters. The van der Waals surface area contributed by atoms with Crippen molar-refractivity contribution < 1.29 is 0 Å². The normalized spacial score (nSPS) is 15.4. The van der Waals surface area contributed by atoms with Crippen LogP contribution in [-0.4, -0.2) is 13.4 Å². The van der Waals surface area contributed by atoms with Gasteiger partial charge in [-0.15, -0.1) is 44.3 Å². The van der Waals surface area contributed by atoms with E-state index in [4.69, 9.17) is 44.3 Å². The third kappa shape index (κ3) is 6.49. The van der Waals surface area contributed by atoms with Crippen LogP contribution in [0, 0.1) is 0 Å². The molecule has 0 heterocycles. The van der Waals surface area contributed by atoms with Crippen LogP contribution in [0.4, 0.5) is 0 Å². The highest BCUT2D eigenvalue weighted by Crippen LogP contribution is 2.27. The second kappa shape index (κ2) is 4.03. The SMILES string of the molecule is CC(=C[Si](C)(Cl)Cl)[Si](C)(Cl)Cl. The van der Waals surface area contributed by atoms with Gasteiger partial charge in [0.15, 0.2) is 0 Å². The zero-order valence-corrected chi connectivity index (χ0v) is 11.6. The van der Waals surface area contributed by atoms with E-state index < -0.39 is 13.4 Å². The molecule has 66 valence electrons. The molecule has 0 nitrogen and oxygen atoms in total. The maximum Gasteiger partial charge on any atom is 0.273 e. The second-order valence-electron chi connectivity index (χ2n) is 2.67. The molecule has 0 saturated carbocycles. The summed E-state index contributed by atoms with van der Waals surface area (Å²) in [7, 11) is 0. The average Bonchev–Trinajstić information content (AvgIpc) is 1.56. The Labute approximate surface area is 88.3 Å². The van der Waals surface area contributed by atoms with Crippen LogP contribution in [0.5, 0.6) is 0 Å². The lowest BCUT2D eigenvalue weighted by Crippen LogP contribution is -2.20. The molecule has 0 aromatic heterocycles. The molecule has 0 bridgehead atoms. The summed E-state index contributed by atoms with van der Waals surface area (Å²) >= 11 is 23.6. The van der Waals surface area contributed by atoms with Crippen molar-refractivity contribution in [3.63, 3.8) is 0 Å². The Bertz CT molecular complexity index is 164. The topological polar surface area (TPSA) is 0 Å². The Hall–Kier alpha value is 1.33. The van der Waals surface area contributed by atoms with Crippen molar-refractivity contribution in [2.75, 3.05) is 0 Å². The lowest BCUT2D eigenvalue weighted by atomic mass is 10.7. The molecule has 0 aliphatic carbocycles. The minimum atomic E-state index is -2.20. The molecule has 0 N–H and O–H groups in total. The van der Waals surface area contributed by atoms with Gasteiger partial charge in [0.1, 0.15) is 0 Å². The monoisotopic (exact) mass is 266 g/mol. The zero-order chi connectivity index (χ0) is 9.28. The smallest absolute Gasteiger partial charge is 0.141 e. The van der Waals surface area contributed by atoms with Gasteiger partial charge < -0.3 is 0 Å². The van der Waals surface area contributed by atoms with Crippen molar-refractivity contribution in [2.24, 2.45) is 0 Å². The first-order chi connectivity index (χ1) is 4.63. The number of hydrogen-bond acceptors (Lipinski definition) is 0. The van der Waals surface area contributed by atoms with Crippen molar-refractivity contribution in [3.05, 3.63) is 10.9 Å². The van der Waals surface area contributed by atoms with Gasteiger partial charge in [0.2, 0.25) is 0 Å². The van der Waals surface area contributed by atoms with Crippen LogP contribution >= 0.6 is 44.3 Å². The van der Waals surface area contributed by atoms with E-state index in [0.29, 0.717) is 0 Å². The summed E-state index contributed by atoms with van der Waals surface area (Å²) in [5.41, 5.74) is 1.82. The van der Waals surface area contributed by atoms with E-state index >= 15 is 0 Å². The van der Waals surface area contributed by atoms with E-state index in [-0.39, 0.29) is 0 Å². The molecule has 0 radical (unpaired) electrons. The molecule has 0 aromatic rings. The van der Waals surface area contributed by atoms with E-state index in [2.05, 4.69) is 0 Å². The highest BCUT2D eigenvalue weighted by molar-refractivity contribution is 7.50. The van der Waals surface area contributed by atoms with Crippen molar-refractivity contribution in [1.82, 2.24) is 0 Å². The number of halogens is 4. The Kier molecular flexibility index (Phi) is 4.52. The number of rotatable bonds is 2. The summed E-state index contributed by atoms with van der Waals surface area (Å²) in [5, 5.41) is 0.944. The van der Waals surface area contributed by atoms with Gasteiger partial charge in [0, 0.05) is 0 Å². The molecule has 0 saturated heterocycles. The van der Waals surface area contributed by atoms with Gasteiger partial charge in [-0.3, -0.25) is 0 Å². The molecule has 0 amide bonds. The molecule has 0 fully saturated rings. The fourth-order valence-electron chi connectivity index (χ4n) is 0.507. The Balaban J connectivity index is 4.49. The quantitative estimate of drug-likeness (QED) is 0.522. The summed E-state index contributed by atoms with van der Waals surface area (Å²) in [5.74, 6) is 0. The minimum absolute atomic E-state index is 0.944. The van der Waals surface area contributed by atoms with E-state index in [1.165, 1.54) is 0 Å². The molecule has 0 spiro atoms. The van der Waals surface area contributed by atoms with E-state index in [1.807, 2.05) is 25.7 Å². The summed E-state index contributed by atoms with van der Waals surface area (Å²) in [6, 6.07) is 0. The van der Waals surface area contributed by atoms with Crippen LogP contribution < -0.4 is 0 Å². The first kappa shape index (κ1) is 12.3. The molecule has 0 unspecified atom stereocenters. The highest BCUT2D eigenvalue weighted by Gasteiger charge is 2.27. The van der Waals surface area contributed by atoms with Crippen LogP contribution in [0.2, 0.25) is 13.1 Å².